The van der Waals surface area contributed by atoms with Gasteiger partial charge in [0, 0.05) is 19.7 Å². The maximum absolute atomic E-state index is 12.3. The van der Waals surface area contributed by atoms with E-state index in [4.69, 9.17) is 10.5 Å². The summed E-state index contributed by atoms with van der Waals surface area (Å²) in [5.74, 6) is 0. The molecule has 2 rings (SSSR count). The van der Waals surface area contributed by atoms with Gasteiger partial charge in [-0.05, 0) is 32.4 Å². The second kappa shape index (κ2) is 6.63. The number of fused-ring (bicyclic) bond motifs is 1. The first-order chi connectivity index (χ1) is 9.67. The topological polar surface area (TPSA) is 70.1 Å². The number of nitrogens with two attached hydrogens (primary N) is 1. The van der Waals surface area contributed by atoms with E-state index in [9.17, 15) is 4.79 Å². The fourth-order valence-electron chi connectivity index (χ4n) is 2.32. The molecule has 0 bridgehead atoms. The van der Waals surface area contributed by atoms with Crippen LogP contribution in [0.3, 0.4) is 0 Å². The highest BCUT2D eigenvalue weighted by atomic mass is 16.5. The zero-order valence-electron chi connectivity index (χ0n) is 12.0. The van der Waals surface area contributed by atoms with Gasteiger partial charge in [0.15, 0.2) is 0 Å². The Bertz CT molecular complexity index is 637. The van der Waals surface area contributed by atoms with Gasteiger partial charge < -0.3 is 15.0 Å². The van der Waals surface area contributed by atoms with Crippen LogP contribution >= 0.6 is 0 Å². The van der Waals surface area contributed by atoms with Crippen molar-refractivity contribution in [3.8, 4) is 0 Å². The summed E-state index contributed by atoms with van der Waals surface area (Å²) in [6.45, 7) is 5.37. The van der Waals surface area contributed by atoms with Crippen LogP contribution in [-0.4, -0.2) is 28.8 Å². The summed E-state index contributed by atoms with van der Waals surface area (Å²) in [6, 6.07) is 7.67. The smallest absolute Gasteiger partial charge is 0.272 e. The molecule has 5 nitrogen and oxygen atoms in total. The SMILES string of the molecule is CCOC(CN)CCn1c(=O)c(C)nc2ccccc21. The number of para-hydroxylation sites is 2. The molecule has 0 spiro atoms. The summed E-state index contributed by atoms with van der Waals surface area (Å²) in [5, 5.41) is 0. The van der Waals surface area contributed by atoms with Gasteiger partial charge in [0.2, 0.25) is 0 Å². The largest absolute Gasteiger partial charge is 0.377 e. The highest BCUT2D eigenvalue weighted by molar-refractivity contribution is 5.74. The molecular weight excluding hydrogens is 254 g/mol. The molecule has 1 atom stereocenters. The monoisotopic (exact) mass is 275 g/mol. The van der Waals surface area contributed by atoms with Crippen molar-refractivity contribution in [2.75, 3.05) is 13.2 Å². The van der Waals surface area contributed by atoms with Crippen molar-refractivity contribution >= 4 is 11.0 Å². The maximum Gasteiger partial charge on any atom is 0.272 e. The number of nitrogens with zero attached hydrogens (tertiary/aromatic N) is 2. The van der Waals surface area contributed by atoms with Gasteiger partial charge in [-0.2, -0.15) is 0 Å². The second-order valence-electron chi connectivity index (χ2n) is 4.74. The molecule has 0 saturated carbocycles. The van der Waals surface area contributed by atoms with E-state index in [2.05, 4.69) is 4.98 Å². The highest BCUT2D eigenvalue weighted by Gasteiger charge is 2.11. The van der Waals surface area contributed by atoms with Crippen molar-refractivity contribution < 1.29 is 4.74 Å². The third-order valence-electron chi connectivity index (χ3n) is 3.36. The average Bonchev–Trinajstić information content (AvgIpc) is 2.46. The zero-order valence-corrected chi connectivity index (χ0v) is 12.0. The molecule has 20 heavy (non-hydrogen) atoms. The van der Waals surface area contributed by atoms with Crippen LogP contribution in [0.4, 0.5) is 0 Å². The Kier molecular flexibility index (Phi) is 4.87. The van der Waals surface area contributed by atoms with Gasteiger partial charge in [0.25, 0.3) is 5.56 Å². The number of aromatic nitrogens is 2. The Hall–Kier alpha value is -1.72. The van der Waals surface area contributed by atoms with E-state index in [0.717, 1.165) is 17.5 Å². The van der Waals surface area contributed by atoms with Gasteiger partial charge in [-0.25, -0.2) is 4.98 Å². The molecule has 0 aliphatic heterocycles. The number of aryl methyl sites for hydroxylation is 2. The summed E-state index contributed by atoms with van der Waals surface area (Å²) < 4.78 is 7.30. The van der Waals surface area contributed by atoms with Gasteiger partial charge >= 0.3 is 0 Å². The summed E-state index contributed by atoms with van der Waals surface area (Å²) in [7, 11) is 0. The van der Waals surface area contributed by atoms with Crippen LogP contribution in [-0.2, 0) is 11.3 Å². The van der Waals surface area contributed by atoms with Crippen LogP contribution in [0, 0.1) is 6.92 Å². The normalized spacial score (nSPS) is 12.8. The molecule has 1 aromatic carbocycles. The third kappa shape index (κ3) is 3.05. The molecule has 0 amide bonds. The Morgan fingerprint density at radius 3 is 2.85 bits per heavy atom. The predicted octanol–water partition coefficient (Wildman–Crippen LogP) is 1.46. The first-order valence-corrected chi connectivity index (χ1v) is 6.95. The van der Waals surface area contributed by atoms with Gasteiger partial charge in [0.1, 0.15) is 5.69 Å². The van der Waals surface area contributed by atoms with Crippen LogP contribution < -0.4 is 11.3 Å². The highest BCUT2D eigenvalue weighted by Crippen LogP contribution is 2.11. The van der Waals surface area contributed by atoms with Crippen LogP contribution in [0.15, 0.2) is 29.1 Å². The fraction of sp³-hybridized carbons (Fsp3) is 0.467. The quantitative estimate of drug-likeness (QED) is 0.866. The van der Waals surface area contributed by atoms with E-state index in [1.807, 2.05) is 31.2 Å². The average molecular weight is 275 g/mol. The lowest BCUT2D eigenvalue weighted by atomic mass is 10.2. The van der Waals surface area contributed by atoms with Crippen molar-refractivity contribution in [2.24, 2.45) is 5.73 Å². The predicted molar refractivity (Wildman–Crippen MR) is 79.8 cm³/mol. The molecule has 0 radical (unpaired) electrons. The van der Waals surface area contributed by atoms with Gasteiger partial charge in [0.05, 0.1) is 17.1 Å². The van der Waals surface area contributed by atoms with Crippen LogP contribution in [0.25, 0.3) is 11.0 Å². The summed E-state index contributed by atoms with van der Waals surface area (Å²) >= 11 is 0. The number of rotatable bonds is 6. The lowest BCUT2D eigenvalue weighted by molar-refractivity contribution is 0.0599. The van der Waals surface area contributed by atoms with E-state index in [1.165, 1.54) is 0 Å². The van der Waals surface area contributed by atoms with Crippen molar-refractivity contribution in [1.29, 1.82) is 0 Å². The standard InChI is InChI=1S/C15H21N3O2/c1-3-20-12(10-16)8-9-18-14-7-5-4-6-13(14)17-11(2)15(18)19/h4-7,12H,3,8-10,16H2,1-2H3. The fourth-order valence-corrected chi connectivity index (χ4v) is 2.32. The number of benzene rings is 1. The van der Waals surface area contributed by atoms with Crippen molar-refractivity contribution in [1.82, 2.24) is 9.55 Å². The van der Waals surface area contributed by atoms with Gasteiger partial charge in [-0.15, -0.1) is 0 Å². The molecule has 0 saturated heterocycles. The van der Waals surface area contributed by atoms with Crippen LogP contribution in [0.2, 0.25) is 0 Å². The molecule has 5 heteroatoms. The number of hydrogen-bond donors (Lipinski definition) is 1. The first kappa shape index (κ1) is 14.7. The minimum absolute atomic E-state index is 0.0147. The number of hydrogen-bond acceptors (Lipinski definition) is 4. The Balaban J connectivity index is 2.33. The molecule has 0 fully saturated rings. The summed E-state index contributed by atoms with van der Waals surface area (Å²) in [4.78, 5) is 16.6. The number of ether oxygens (including phenoxy) is 1. The molecule has 1 heterocycles. The van der Waals surface area contributed by atoms with Gasteiger partial charge in [-0.3, -0.25) is 4.79 Å². The molecule has 2 aromatic rings. The van der Waals surface area contributed by atoms with E-state index in [-0.39, 0.29) is 11.7 Å². The maximum atomic E-state index is 12.3. The zero-order chi connectivity index (χ0) is 14.5. The molecule has 2 N–H and O–H groups in total. The van der Waals surface area contributed by atoms with E-state index < -0.39 is 0 Å². The molecule has 1 aromatic heterocycles. The Morgan fingerprint density at radius 2 is 2.15 bits per heavy atom. The molecule has 0 aliphatic rings. The Labute approximate surface area is 118 Å². The van der Waals surface area contributed by atoms with Crippen molar-refractivity contribution in [3.05, 3.63) is 40.3 Å². The van der Waals surface area contributed by atoms with Crippen LogP contribution in [0.1, 0.15) is 19.0 Å². The second-order valence-corrected chi connectivity index (χ2v) is 4.74. The summed E-state index contributed by atoms with van der Waals surface area (Å²) in [5.41, 5.74) is 7.85. The molecular formula is C15H21N3O2. The lowest BCUT2D eigenvalue weighted by Crippen LogP contribution is -2.29. The van der Waals surface area contributed by atoms with Crippen molar-refractivity contribution in [2.45, 2.75) is 32.9 Å². The summed E-state index contributed by atoms with van der Waals surface area (Å²) in [6.07, 6.45) is 0.705. The van der Waals surface area contributed by atoms with E-state index in [0.29, 0.717) is 25.4 Å². The molecule has 1 unspecified atom stereocenters. The van der Waals surface area contributed by atoms with E-state index in [1.54, 1.807) is 11.5 Å². The van der Waals surface area contributed by atoms with Crippen LogP contribution in [0.5, 0.6) is 0 Å². The van der Waals surface area contributed by atoms with E-state index >= 15 is 0 Å². The lowest BCUT2D eigenvalue weighted by Gasteiger charge is -2.17. The third-order valence-corrected chi connectivity index (χ3v) is 3.36. The minimum atomic E-state index is -0.0454. The van der Waals surface area contributed by atoms with Crippen molar-refractivity contribution in [3.63, 3.8) is 0 Å². The first-order valence-electron chi connectivity index (χ1n) is 6.95. The Morgan fingerprint density at radius 1 is 1.40 bits per heavy atom. The molecule has 0 aliphatic carbocycles. The molecule has 108 valence electrons. The van der Waals surface area contributed by atoms with Gasteiger partial charge in [-0.1, -0.05) is 12.1 Å². The minimum Gasteiger partial charge on any atom is -0.377 e.